The fourth-order valence-electron chi connectivity index (χ4n) is 2.46. The van der Waals surface area contributed by atoms with E-state index < -0.39 is 10.0 Å². The van der Waals surface area contributed by atoms with Gasteiger partial charge in [-0.2, -0.15) is 0 Å². The van der Waals surface area contributed by atoms with E-state index in [1.54, 1.807) is 25.2 Å². The Bertz CT molecular complexity index is 586. The Morgan fingerprint density at radius 1 is 1.48 bits per heavy atom. The Kier molecular flexibility index (Phi) is 5.79. The molecule has 118 valence electrons. The third kappa shape index (κ3) is 4.04. The lowest BCUT2D eigenvalue weighted by molar-refractivity contribution is 0.0495. The second-order valence-corrected chi connectivity index (χ2v) is 8.21. The van der Waals surface area contributed by atoms with E-state index in [1.165, 1.54) is 4.31 Å². The van der Waals surface area contributed by atoms with Crippen molar-refractivity contribution in [1.82, 2.24) is 4.31 Å². The summed E-state index contributed by atoms with van der Waals surface area (Å²) < 4.78 is 32.7. The molecule has 1 aliphatic heterocycles. The second-order valence-electron chi connectivity index (χ2n) is 5.34. The van der Waals surface area contributed by atoms with Crippen LogP contribution in [-0.2, 0) is 21.3 Å². The summed E-state index contributed by atoms with van der Waals surface area (Å²) in [5.74, 6) is 0.264. The molecule has 0 bridgehead atoms. The van der Waals surface area contributed by atoms with E-state index >= 15 is 0 Å². The average Bonchev–Trinajstić information content (AvgIpc) is 2.47. The number of rotatable bonds is 5. The van der Waals surface area contributed by atoms with Gasteiger partial charge in [0, 0.05) is 31.2 Å². The fraction of sp³-hybridized carbons (Fsp3) is 0.571. The number of ether oxygens (including phenoxy) is 1. The number of benzene rings is 1. The molecule has 0 aliphatic carbocycles. The van der Waals surface area contributed by atoms with Crippen LogP contribution in [0.15, 0.2) is 27.6 Å². The van der Waals surface area contributed by atoms with Gasteiger partial charge >= 0.3 is 0 Å². The molecule has 1 heterocycles. The first-order valence-electron chi connectivity index (χ1n) is 6.97. The van der Waals surface area contributed by atoms with E-state index in [0.717, 1.165) is 25.0 Å². The quantitative estimate of drug-likeness (QED) is 0.852. The maximum absolute atomic E-state index is 12.7. The molecule has 1 saturated heterocycles. The topological polar surface area (TPSA) is 72.6 Å². The Balaban J connectivity index is 2.16. The molecule has 2 rings (SSSR count). The second kappa shape index (κ2) is 7.19. The van der Waals surface area contributed by atoms with Crippen LogP contribution in [0, 0.1) is 5.92 Å². The highest BCUT2D eigenvalue weighted by Gasteiger charge is 2.26. The van der Waals surface area contributed by atoms with E-state index in [9.17, 15) is 8.42 Å². The van der Waals surface area contributed by atoms with Gasteiger partial charge in [0.25, 0.3) is 0 Å². The molecule has 2 N–H and O–H groups in total. The van der Waals surface area contributed by atoms with Gasteiger partial charge in [-0.25, -0.2) is 12.7 Å². The van der Waals surface area contributed by atoms with Crippen molar-refractivity contribution in [3.63, 3.8) is 0 Å². The third-order valence-electron chi connectivity index (χ3n) is 3.69. The van der Waals surface area contributed by atoms with Crippen molar-refractivity contribution in [1.29, 1.82) is 0 Å². The van der Waals surface area contributed by atoms with E-state index in [2.05, 4.69) is 15.9 Å². The van der Waals surface area contributed by atoms with Crippen molar-refractivity contribution in [2.24, 2.45) is 11.7 Å². The minimum absolute atomic E-state index is 0.264. The normalized spacial score (nSPS) is 19.9. The van der Waals surface area contributed by atoms with Crippen LogP contribution in [0.2, 0.25) is 0 Å². The maximum Gasteiger partial charge on any atom is 0.243 e. The van der Waals surface area contributed by atoms with Crippen molar-refractivity contribution in [2.45, 2.75) is 24.3 Å². The molecule has 1 atom stereocenters. The minimum atomic E-state index is -3.50. The van der Waals surface area contributed by atoms with Crippen molar-refractivity contribution in [3.8, 4) is 0 Å². The summed E-state index contributed by atoms with van der Waals surface area (Å²) in [5, 5.41) is 0. The van der Waals surface area contributed by atoms with Gasteiger partial charge in [0.2, 0.25) is 10.0 Å². The molecule has 7 heteroatoms. The summed E-state index contributed by atoms with van der Waals surface area (Å²) in [6.45, 7) is 2.27. The molecule has 0 spiro atoms. The lowest BCUT2D eigenvalue weighted by atomic mass is 10.0. The van der Waals surface area contributed by atoms with Crippen LogP contribution < -0.4 is 5.73 Å². The van der Waals surface area contributed by atoms with Gasteiger partial charge in [0.05, 0.1) is 11.5 Å². The molecular weight excluding hydrogens is 356 g/mol. The molecule has 5 nitrogen and oxygen atoms in total. The molecular formula is C14H21BrN2O3S. The first-order valence-corrected chi connectivity index (χ1v) is 9.21. The summed E-state index contributed by atoms with van der Waals surface area (Å²) in [6, 6.07) is 5.11. The predicted molar refractivity (Wildman–Crippen MR) is 85.4 cm³/mol. The van der Waals surface area contributed by atoms with Gasteiger partial charge in [0.1, 0.15) is 0 Å². The van der Waals surface area contributed by atoms with Crippen molar-refractivity contribution in [2.75, 3.05) is 26.8 Å². The van der Waals surface area contributed by atoms with Crippen LogP contribution in [0.4, 0.5) is 0 Å². The molecule has 21 heavy (non-hydrogen) atoms. The van der Waals surface area contributed by atoms with Crippen LogP contribution in [0.1, 0.15) is 18.4 Å². The van der Waals surface area contributed by atoms with E-state index in [1.807, 2.05) is 0 Å². The number of nitrogens with two attached hydrogens (primary N) is 1. The van der Waals surface area contributed by atoms with Gasteiger partial charge in [0.15, 0.2) is 0 Å². The van der Waals surface area contributed by atoms with E-state index in [-0.39, 0.29) is 10.8 Å². The zero-order chi connectivity index (χ0) is 15.5. The van der Waals surface area contributed by atoms with Gasteiger partial charge in [-0.15, -0.1) is 0 Å². The molecule has 0 saturated carbocycles. The van der Waals surface area contributed by atoms with E-state index in [4.69, 9.17) is 10.5 Å². The minimum Gasteiger partial charge on any atom is -0.381 e. The summed E-state index contributed by atoms with van der Waals surface area (Å²) in [5.41, 5.74) is 6.46. The number of nitrogens with zero attached hydrogens (tertiary/aromatic N) is 1. The zero-order valence-electron chi connectivity index (χ0n) is 12.1. The van der Waals surface area contributed by atoms with Gasteiger partial charge in [-0.3, -0.25) is 0 Å². The third-order valence-corrected chi connectivity index (χ3v) is 6.49. The molecule has 1 aromatic carbocycles. The van der Waals surface area contributed by atoms with E-state index in [0.29, 0.717) is 24.2 Å². The highest BCUT2D eigenvalue weighted by Crippen LogP contribution is 2.27. The van der Waals surface area contributed by atoms with Crippen molar-refractivity contribution in [3.05, 3.63) is 28.2 Å². The smallest absolute Gasteiger partial charge is 0.243 e. The first kappa shape index (κ1) is 16.9. The Morgan fingerprint density at radius 2 is 2.24 bits per heavy atom. The molecule has 0 amide bonds. The Labute approximate surface area is 134 Å². The SMILES string of the molecule is CN(CC1CCCOC1)S(=O)(=O)c1ccc(CN)cc1Br. The summed E-state index contributed by atoms with van der Waals surface area (Å²) in [4.78, 5) is 0.277. The highest BCUT2D eigenvalue weighted by atomic mass is 79.9. The first-order chi connectivity index (χ1) is 9.95. The number of hydrogen-bond acceptors (Lipinski definition) is 4. The maximum atomic E-state index is 12.7. The number of hydrogen-bond donors (Lipinski definition) is 1. The van der Waals surface area contributed by atoms with Crippen molar-refractivity contribution < 1.29 is 13.2 Å². The van der Waals surface area contributed by atoms with Crippen LogP contribution in [0.5, 0.6) is 0 Å². The fourth-order valence-corrected chi connectivity index (χ4v) is 4.79. The largest absolute Gasteiger partial charge is 0.381 e. The Hall–Kier alpha value is -0.470. The summed E-state index contributed by atoms with van der Waals surface area (Å²) >= 11 is 3.33. The lowest BCUT2D eigenvalue weighted by Gasteiger charge is -2.27. The van der Waals surface area contributed by atoms with Crippen LogP contribution in [0.25, 0.3) is 0 Å². The van der Waals surface area contributed by atoms with Crippen LogP contribution in [-0.4, -0.2) is 39.5 Å². The van der Waals surface area contributed by atoms with Gasteiger partial charge in [-0.05, 0) is 52.4 Å². The molecule has 1 fully saturated rings. The molecule has 0 radical (unpaired) electrons. The highest BCUT2D eigenvalue weighted by molar-refractivity contribution is 9.10. The van der Waals surface area contributed by atoms with Crippen LogP contribution in [0.3, 0.4) is 0 Å². The Morgan fingerprint density at radius 3 is 2.81 bits per heavy atom. The summed E-state index contributed by atoms with van der Waals surface area (Å²) in [7, 11) is -1.89. The number of halogens is 1. The molecule has 1 unspecified atom stereocenters. The molecule has 1 aromatic rings. The van der Waals surface area contributed by atoms with Crippen molar-refractivity contribution >= 4 is 26.0 Å². The summed E-state index contributed by atoms with van der Waals surface area (Å²) in [6.07, 6.45) is 2.00. The van der Waals surface area contributed by atoms with Gasteiger partial charge < -0.3 is 10.5 Å². The number of sulfonamides is 1. The van der Waals surface area contributed by atoms with Gasteiger partial charge in [-0.1, -0.05) is 6.07 Å². The average molecular weight is 377 g/mol. The molecule has 0 aromatic heterocycles. The van der Waals surface area contributed by atoms with Crippen LogP contribution >= 0.6 is 15.9 Å². The molecule has 1 aliphatic rings. The zero-order valence-corrected chi connectivity index (χ0v) is 14.5. The lowest BCUT2D eigenvalue weighted by Crippen LogP contribution is -2.35. The monoisotopic (exact) mass is 376 g/mol. The predicted octanol–water partition coefficient (Wildman–Crippen LogP) is 1.95. The standard InChI is InChI=1S/C14H21BrN2O3S/c1-17(9-12-3-2-6-20-10-12)21(18,19)14-5-4-11(8-16)7-13(14)15/h4-5,7,12H,2-3,6,8-10,16H2,1H3.